The maximum atomic E-state index is 12.6. The molecule has 0 saturated carbocycles. The molecule has 31 heavy (non-hydrogen) atoms. The van der Waals surface area contributed by atoms with Crippen LogP contribution in [0, 0.1) is 0 Å². The molecule has 0 aliphatic heterocycles. The number of nitrogens with two attached hydrogens (primary N) is 2. The molecule has 4 unspecified atom stereocenters. The number of aliphatic hydroxyl groups excluding tert-OH is 1. The summed E-state index contributed by atoms with van der Waals surface area (Å²) < 4.78 is 0. The molecule has 4 amide bonds. The largest absolute Gasteiger partial charge is 0.481 e. The Morgan fingerprint density at radius 1 is 0.806 bits per heavy atom. The average molecular weight is 465 g/mol. The fourth-order valence-electron chi connectivity index (χ4n) is 2.18. The van der Waals surface area contributed by atoms with Crippen molar-refractivity contribution in [3.63, 3.8) is 0 Å². The van der Waals surface area contributed by atoms with E-state index in [1.54, 1.807) is 0 Å². The summed E-state index contributed by atoms with van der Waals surface area (Å²) in [5, 5.41) is 33.3. The first-order chi connectivity index (χ1) is 14.4. The highest BCUT2D eigenvalue weighted by molar-refractivity contribution is 7.80. The summed E-state index contributed by atoms with van der Waals surface area (Å²) in [5.41, 5.74) is 10.6. The Bertz CT molecular complexity index is 690. The SMILES string of the molecule is NC(=O)CCC(NC(=O)C(CCC(=O)O)NC(=O)C(N)CS)C(=O)NC(CO)C(=O)O. The second kappa shape index (κ2) is 14.2. The first-order valence-electron chi connectivity index (χ1n) is 9.04. The molecule has 0 aromatic rings. The normalized spacial score (nSPS) is 14.4. The highest BCUT2D eigenvalue weighted by Gasteiger charge is 2.30. The van der Waals surface area contributed by atoms with Crippen LogP contribution < -0.4 is 27.4 Å². The van der Waals surface area contributed by atoms with E-state index in [0.29, 0.717) is 0 Å². The van der Waals surface area contributed by atoms with E-state index in [-0.39, 0.29) is 25.0 Å². The van der Waals surface area contributed by atoms with Crippen molar-refractivity contribution in [1.29, 1.82) is 0 Å². The van der Waals surface area contributed by atoms with Crippen LogP contribution in [0.15, 0.2) is 0 Å². The van der Waals surface area contributed by atoms with Gasteiger partial charge in [0.15, 0.2) is 0 Å². The fraction of sp³-hybridized carbons (Fsp3) is 0.625. The van der Waals surface area contributed by atoms with Gasteiger partial charge in [0.05, 0.1) is 12.6 Å². The van der Waals surface area contributed by atoms with E-state index < -0.39 is 72.8 Å². The van der Waals surface area contributed by atoms with E-state index in [4.69, 9.17) is 26.8 Å². The highest BCUT2D eigenvalue weighted by atomic mass is 32.1. The van der Waals surface area contributed by atoms with E-state index in [9.17, 15) is 28.8 Å². The van der Waals surface area contributed by atoms with Gasteiger partial charge in [-0.25, -0.2) is 4.79 Å². The van der Waals surface area contributed by atoms with Crippen LogP contribution in [-0.2, 0) is 28.8 Å². The van der Waals surface area contributed by atoms with E-state index in [0.717, 1.165) is 0 Å². The number of hydrogen-bond donors (Lipinski definition) is 9. The summed E-state index contributed by atoms with van der Waals surface area (Å²) in [4.78, 5) is 69.9. The Balaban J connectivity index is 5.48. The Hall–Kier alpha value is -2.91. The topological polar surface area (TPSA) is 251 Å². The standard InChI is InChI=1S/C16H27N5O9S/c17-7(6-31)13(26)19-9(2-4-12(24)25)14(27)20-8(1-3-11(18)23)15(28)21-10(5-22)16(29)30/h7-10,22,31H,1-6,17H2,(H2,18,23)(H,19,26)(H,20,27)(H,21,28)(H,24,25)(H,29,30). The van der Waals surface area contributed by atoms with Gasteiger partial charge >= 0.3 is 11.9 Å². The molecule has 0 rings (SSSR count). The number of nitrogens with one attached hydrogen (secondary N) is 3. The van der Waals surface area contributed by atoms with E-state index in [1.165, 1.54) is 0 Å². The van der Waals surface area contributed by atoms with Gasteiger partial charge in [0, 0.05) is 18.6 Å². The Kier molecular flexibility index (Phi) is 12.8. The van der Waals surface area contributed by atoms with Crippen LogP contribution in [0.5, 0.6) is 0 Å². The lowest BCUT2D eigenvalue weighted by atomic mass is 10.1. The maximum absolute atomic E-state index is 12.6. The number of carboxylic acid groups (broad SMARTS) is 2. The van der Waals surface area contributed by atoms with Gasteiger partial charge in [-0.15, -0.1) is 0 Å². The predicted molar refractivity (Wildman–Crippen MR) is 108 cm³/mol. The second-order valence-electron chi connectivity index (χ2n) is 6.43. The van der Waals surface area contributed by atoms with Crippen LogP contribution in [-0.4, -0.2) is 87.4 Å². The number of hydrogen-bond acceptors (Lipinski definition) is 9. The zero-order chi connectivity index (χ0) is 24.1. The van der Waals surface area contributed by atoms with Crippen LogP contribution in [0.4, 0.5) is 0 Å². The Labute approximate surface area is 182 Å². The molecule has 15 heteroatoms. The smallest absolute Gasteiger partial charge is 0.328 e. The maximum Gasteiger partial charge on any atom is 0.328 e. The zero-order valence-corrected chi connectivity index (χ0v) is 17.3. The first kappa shape index (κ1) is 28.1. The molecule has 4 atom stereocenters. The van der Waals surface area contributed by atoms with Crippen LogP contribution in [0.3, 0.4) is 0 Å². The molecule has 0 saturated heterocycles. The molecular formula is C16H27N5O9S. The van der Waals surface area contributed by atoms with Crippen LogP contribution in [0.25, 0.3) is 0 Å². The zero-order valence-electron chi connectivity index (χ0n) is 16.4. The third-order valence-corrected chi connectivity index (χ3v) is 4.32. The summed E-state index contributed by atoms with van der Waals surface area (Å²) in [5.74, 6) is -6.44. The minimum atomic E-state index is -1.67. The van der Waals surface area contributed by atoms with Gasteiger partial charge in [-0.1, -0.05) is 0 Å². The number of carbonyl (C=O) groups excluding carboxylic acids is 4. The highest BCUT2D eigenvalue weighted by Crippen LogP contribution is 2.04. The number of carbonyl (C=O) groups is 6. The average Bonchev–Trinajstić information content (AvgIpc) is 2.70. The van der Waals surface area contributed by atoms with Crippen molar-refractivity contribution in [2.75, 3.05) is 12.4 Å². The molecule has 0 aromatic heterocycles. The molecule has 176 valence electrons. The number of rotatable bonds is 15. The van der Waals surface area contributed by atoms with Crippen molar-refractivity contribution in [3.8, 4) is 0 Å². The van der Waals surface area contributed by atoms with Crippen LogP contribution in [0.1, 0.15) is 25.7 Å². The van der Waals surface area contributed by atoms with E-state index in [2.05, 4.69) is 23.3 Å². The van der Waals surface area contributed by atoms with Crippen molar-refractivity contribution in [2.24, 2.45) is 11.5 Å². The molecule has 0 radical (unpaired) electrons. The summed E-state index contributed by atoms with van der Waals surface area (Å²) in [6, 6.07) is -5.61. The van der Waals surface area contributed by atoms with E-state index in [1.807, 2.05) is 5.32 Å². The number of aliphatic hydroxyl groups is 1. The molecule has 0 fully saturated rings. The minimum absolute atomic E-state index is 0.0551. The number of thiol groups is 1. The summed E-state index contributed by atoms with van der Waals surface area (Å²) in [6.07, 6.45) is -1.52. The van der Waals surface area contributed by atoms with Gasteiger partial charge in [-0.2, -0.15) is 12.6 Å². The predicted octanol–water partition coefficient (Wildman–Crippen LogP) is -4.09. The van der Waals surface area contributed by atoms with Crippen molar-refractivity contribution in [2.45, 2.75) is 49.9 Å². The molecular weight excluding hydrogens is 438 g/mol. The van der Waals surface area contributed by atoms with Gasteiger partial charge in [0.2, 0.25) is 23.6 Å². The van der Waals surface area contributed by atoms with Crippen molar-refractivity contribution in [3.05, 3.63) is 0 Å². The van der Waals surface area contributed by atoms with Crippen molar-refractivity contribution >= 4 is 48.2 Å². The third-order valence-electron chi connectivity index (χ3n) is 3.92. The van der Waals surface area contributed by atoms with Gasteiger partial charge in [0.1, 0.15) is 18.1 Å². The van der Waals surface area contributed by atoms with Crippen LogP contribution >= 0.6 is 12.6 Å². The quantitative estimate of drug-likeness (QED) is 0.106. The Morgan fingerprint density at radius 3 is 1.65 bits per heavy atom. The lowest BCUT2D eigenvalue weighted by Crippen LogP contribution is -2.57. The lowest BCUT2D eigenvalue weighted by molar-refractivity contribution is -0.143. The number of aliphatic carboxylic acids is 2. The van der Waals surface area contributed by atoms with Crippen molar-refractivity contribution < 1.29 is 44.1 Å². The van der Waals surface area contributed by atoms with Gasteiger partial charge in [-0.05, 0) is 12.8 Å². The van der Waals surface area contributed by atoms with Crippen molar-refractivity contribution in [1.82, 2.24) is 16.0 Å². The van der Waals surface area contributed by atoms with Gasteiger partial charge in [0.25, 0.3) is 0 Å². The Morgan fingerprint density at radius 2 is 1.26 bits per heavy atom. The summed E-state index contributed by atoms with van der Waals surface area (Å²) in [6.45, 7) is -0.934. The first-order valence-corrected chi connectivity index (χ1v) is 9.67. The number of amides is 4. The molecule has 0 aliphatic rings. The molecule has 10 N–H and O–H groups in total. The molecule has 0 aliphatic carbocycles. The lowest BCUT2D eigenvalue weighted by Gasteiger charge is -2.24. The van der Waals surface area contributed by atoms with E-state index >= 15 is 0 Å². The molecule has 0 spiro atoms. The second-order valence-corrected chi connectivity index (χ2v) is 6.80. The summed E-state index contributed by atoms with van der Waals surface area (Å²) in [7, 11) is 0. The van der Waals surface area contributed by atoms with Gasteiger partial charge < -0.3 is 42.7 Å². The van der Waals surface area contributed by atoms with Crippen LogP contribution in [0.2, 0.25) is 0 Å². The fourth-order valence-corrected chi connectivity index (χ4v) is 2.35. The monoisotopic (exact) mass is 465 g/mol. The molecule has 0 bridgehead atoms. The molecule has 0 heterocycles. The number of primary amides is 1. The minimum Gasteiger partial charge on any atom is -0.481 e. The number of carboxylic acids is 2. The third kappa shape index (κ3) is 11.2. The van der Waals surface area contributed by atoms with Gasteiger partial charge in [-0.3, -0.25) is 24.0 Å². The summed E-state index contributed by atoms with van der Waals surface area (Å²) >= 11 is 3.86. The molecule has 14 nitrogen and oxygen atoms in total. The molecule has 0 aromatic carbocycles.